The first-order valence-corrected chi connectivity index (χ1v) is 10.1. The average molecular weight is 402 g/mol. The highest BCUT2D eigenvalue weighted by Crippen LogP contribution is 2.33. The van der Waals surface area contributed by atoms with Crippen molar-refractivity contribution in [2.75, 3.05) is 0 Å². The van der Waals surface area contributed by atoms with Gasteiger partial charge in [0.15, 0.2) is 0 Å². The van der Waals surface area contributed by atoms with Gasteiger partial charge in [0.2, 0.25) is 0 Å². The summed E-state index contributed by atoms with van der Waals surface area (Å²) in [6.45, 7) is 3.60. The maximum Gasteiger partial charge on any atom is 0.325 e. The Labute approximate surface area is 173 Å². The summed E-state index contributed by atoms with van der Waals surface area (Å²) in [6, 6.07) is 10.5. The lowest BCUT2D eigenvalue weighted by Gasteiger charge is -2.23. The van der Waals surface area contributed by atoms with Gasteiger partial charge in [0, 0.05) is 12.3 Å². The predicted molar refractivity (Wildman–Crippen MR) is 111 cm³/mol. The number of carbonyl (C=O) groups is 2. The molecule has 1 atom stereocenters. The lowest BCUT2D eigenvalue weighted by molar-refractivity contribution is -0.131. The first kappa shape index (κ1) is 18.5. The van der Waals surface area contributed by atoms with Gasteiger partial charge in [0.05, 0.1) is 12.2 Å². The first-order valence-electron chi connectivity index (χ1n) is 10.1. The molecule has 7 heteroatoms. The Hall–Kier alpha value is -3.48. The standard InChI is InChI=1S/C23H22N4O3/c1-14-8-9-26-19(10-14)24-18(12-20(26)28)13-27-21(29)23(2,25-22(27)30)17-7-6-15-4-3-5-16(15)11-17/h6-12H,3-5,13H2,1-2H3,(H,25,30)/t23-/m1/s1. The third-order valence-corrected chi connectivity index (χ3v) is 6.15. The van der Waals surface area contributed by atoms with Crippen LogP contribution in [-0.2, 0) is 29.7 Å². The molecule has 2 aliphatic rings. The predicted octanol–water partition coefficient (Wildman–Crippen LogP) is 2.46. The van der Waals surface area contributed by atoms with E-state index in [1.54, 1.807) is 19.2 Å². The number of nitrogens with one attached hydrogen (secondary N) is 1. The molecule has 5 rings (SSSR count). The Morgan fingerprint density at radius 3 is 2.70 bits per heavy atom. The van der Waals surface area contributed by atoms with Crippen LogP contribution in [0.5, 0.6) is 0 Å². The van der Waals surface area contributed by atoms with Crippen molar-refractivity contribution in [1.82, 2.24) is 19.6 Å². The number of pyridine rings is 1. The molecule has 0 radical (unpaired) electrons. The Balaban J connectivity index is 1.48. The van der Waals surface area contributed by atoms with Gasteiger partial charge in [0.25, 0.3) is 11.5 Å². The molecule has 1 N–H and O–H groups in total. The van der Waals surface area contributed by atoms with E-state index >= 15 is 0 Å². The van der Waals surface area contributed by atoms with Crippen LogP contribution in [0, 0.1) is 6.92 Å². The van der Waals surface area contributed by atoms with E-state index in [0.717, 1.165) is 35.3 Å². The zero-order valence-corrected chi connectivity index (χ0v) is 16.9. The number of rotatable bonds is 3. The molecule has 0 saturated carbocycles. The van der Waals surface area contributed by atoms with Gasteiger partial charge in [-0.1, -0.05) is 18.2 Å². The SMILES string of the molecule is Cc1ccn2c(=O)cc(CN3C(=O)N[C@](C)(c4ccc5c(c4)CCC5)C3=O)nc2c1. The van der Waals surface area contributed by atoms with E-state index < -0.39 is 11.6 Å². The highest BCUT2D eigenvalue weighted by Gasteiger charge is 2.49. The van der Waals surface area contributed by atoms with E-state index in [-0.39, 0.29) is 18.0 Å². The second-order valence-corrected chi connectivity index (χ2v) is 8.30. The molecule has 1 fully saturated rings. The Kier molecular flexibility index (Phi) is 4.03. The molecule has 0 bridgehead atoms. The van der Waals surface area contributed by atoms with Gasteiger partial charge >= 0.3 is 6.03 Å². The summed E-state index contributed by atoms with van der Waals surface area (Å²) >= 11 is 0. The third-order valence-electron chi connectivity index (χ3n) is 6.15. The molecule has 2 aromatic heterocycles. The molecular formula is C23H22N4O3. The van der Waals surface area contributed by atoms with Gasteiger partial charge < -0.3 is 5.32 Å². The molecule has 1 aliphatic heterocycles. The van der Waals surface area contributed by atoms with Crippen molar-refractivity contribution in [2.45, 2.75) is 45.2 Å². The number of amides is 3. The maximum absolute atomic E-state index is 13.3. The fraction of sp³-hybridized carbons (Fsp3) is 0.304. The van der Waals surface area contributed by atoms with Crippen molar-refractivity contribution in [3.8, 4) is 0 Å². The monoisotopic (exact) mass is 402 g/mol. The van der Waals surface area contributed by atoms with Gasteiger partial charge in [-0.25, -0.2) is 9.78 Å². The zero-order valence-electron chi connectivity index (χ0n) is 16.9. The quantitative estimate of drug-likeness (QED) is 0.682. The number of hydrogen-bond acceptors (Lipinski definition) is 4. The number of urea groups is 1. The third kappa shape index (κ3) is 2.81. The number of carbonyl (C=O) groups excluding carboxylic acids is 2. The van der Waals surface area contributed by atoms with Gasteiger partial charge in [-0.3, -0.25) is 18.9 Å². The number of benzene rings is 1. The number of fused-ring (bicyclic) bond motifs is 2. The lowest BCUT2D eigenvalue weighted by Crippen LogP contribution is -2.41. The largest absolute Gasteiger partial charge is 0.325 e. The molecule has 1 aliphatic carbocycles. The van der Waals surface area contributed by atoms with Crippen LogP contribution >= 0.6 is 0 Å². The summed E-state index contributed by atoms with van der Waals surface area (Å²) in [6.07, 6.45) is 4.84. The van der Waals surface area contributed by atoms with Crippen LogP contribution in [0.4, 0.5) is 4.79 Å². The second kappa shape index (κ2) is 6.52. The maximum atomic E-state index is 13.3. The fourth-order valence-corrected chi connectivity index (χ4v) is 4.42. The Morgan fingerprint density at radius 1 is 1.07 bits per heavy atom. The lowest BCUT2D eigenvalue weighted by atomic mass is 9.89. The zero-order chi connectivity index (χ0) is 21.0. The molecule has 3 heterocycles. The fourth-order valence-electron chi connectivity index (χ4n) is 4.42. The van der Waals surface area contributed by atoms with Crippen molar-refractivity contribution in [3.05, 3.63) is 80.9 Å². The van der Waals surface area contributed by atoms with Crippen molar-refractivity contribution in [2.24, 2.45) is 0 Å². The summed E-state index contributed by atoms with van der Waals surface area (Å²) < 4.78 is 1.44. The highest BCUT2D eigenvalue weighted by molar-refractivity contribution is 6.07. The summed E-state index contributed by atoms with van der Waals surface area (Å²) in [5.74, 6) is -0.336. The normalized spacial score (nSPS) is 20.7. The molecule has 1 saturated heterocycles. The average Bonchev–Trinajstić information content (AvgIpc) is 3.26. The molecule has 7 nitrogen and oxygen atoms in total. The summed E-state index contributed by atoms with van der Waals surface area (Å²) in [5.41, 5.74) is 3.81. The van der Waals surface area contributed by atoms with E-state index in [2.05, 4.69) is 16.4 Å². The Morgan fingerprint density at radius 2 is 1.87 bits per heavy atom. The molecule has 1 aromatic carbocycles. The first-order chi connectivity index (χ1) is 14.3. The van der Waals surface area contributed by atoms with E-state index in [9.17, 15) is 14.4 Å². The van der Waals surface area contributed by atoms with E-state index in [1.807, 2.05) is 25.1 Å². The van der Waals surface area contributed by atoms with Crippen LogP contribution in [0.15, 0.2) is 47.4 Å². The van der Waals surface area contributed by atoms with Crippen LogP contribution in [0.3, 0.4) is 0 Å². The minimum atomic E-state index is -1.13. The summed E-state index contributed by atoms with van der Waals surface area (Å²) in [5, 5.41) is 2.85. The van der Waals surface area contributed by atoms with Crippen LogP contribution in [0.25, 0.3) is 5.65 Å². The number of aryl methyl sites for hydroxylation is 3. The topological polar surface area (TPSA) is 83.8 Å². The van der Waals surface area contributed by atoms with Crippen LogP contribution in [0.2, 0.25) is 0 Å². The highest BCUT2D eigenvalue weighted by atomic mass is 16.2. The van der Waals surface area contributed by atoms with Crippen LogP contribution in [-0.4, -0.2) is 26.2 Å². The molecule has 30 heavy (non-hydrogen) atoms. The van der Waals surface area contributed by atoms with E-state index in [4.69, 9.17) is 0 Å². The van der Waals surface area contributed by atoms with Gasteiger partial charge in [-0.05, 0) is 67.5 Å². The van der Waals surface area contributed by atoms with E-state index in [1.165, 1.54) is 21.6 Å². The minimum Gasteiger partial charge on any atom is -0.319 e. The number of nitrogens with zero attached hydrogens (tertiary/aromatic N) is 3. The molecule has 3 amide bonds. The summed E-state index contributed by atoms with van der Waals surface area (Å²) in [7, 11) is 0. The number of aromatic nitrogens is 2. The Bertz CT molecular complexity index is 1280. The molecule has 3 aromatic rings. The smallest absolute Gasteiger partial charge is 0.319 e. The molecule has 0 unspecified atom stereocenters. The van der Waals surface area contributed by atoms with Crippen molar-refractivity contribution < 1.29 is 9.59 Å². The summed E-state index contributed by atoms with van der Waals surface area (Å²) in [4.78, 5) is 44.0. The molecular weight excluding hydrogens is 380 g/mol. The van der Waals surface area contributed by atoms with Gasteiger partial charge in [-0.15, -0.1) is 0 Å². The molecule has 0 spiro atoms. The van der Waals surface area contributed by atoms with E-state index in [0.29, 0.717) is 11.3 Å². The second-order valence-electron chi connectivity index (χ2n) is 8.30. The van der Waals surface area contributed by atoms with Crippen molar-refractivity contribution >= 4 is 17.6 Å². The van der Waals surface area contributed by atoms with Crippen LogP contribution < -0.4 is 10.9 Å². The molecule has 152 valence electrons. The van der Waals surface area contributed by atoms with Gasteiger partial charge in [0.1, 0.15) is 11.2 Å². The van der Waals surface area contributed by atoms with Crippen LogP contribution in [0.1, 0.15) is 41.3 Å². The number of hydrogen-bond donors (Lipinski definition) is 1. The minimum absolute atomic E-state index is 0.0507. The van der Waals surface area contributed by atoms with Gasteiger partial charge in [-0.2, -0.15) is 0 Å². The van der Waals surface area contributed by atoms with Crippen molar-refractivity contribution in [3.63, 3.8) is 0 Å². The number of imide groups is 1. The van der Waals surface area contributed by atoms with Crippen molar-refractivity contribution in [1.29, 1.82) is 0 Å².